The van der Waals surface area contributed by atoms with Crippen molar-refractivity contribution in [2.45, 2.75) is 46.3 Å². The maximum absolute atomic E-state index is 13.5. The van der Waals surface area contributed by atoms with Crippen molar-refractivity contribution in [3.63, 3.8) is 0 Å². The molecule has 0 aliphatic carbocycles. The summed E-state index contributed by atoms with van der Waals surface area (Å²) in [6, 6.07) is 18.3. The van der Waals surface area contributed by atoms with Crippen LogP contribution >= 0.6 is 0 Å². The number of fused-ring (bicyclic) bond motifs is 2. The SMILES string of the molecule is Cc1oc2cc(OC(=O)C(CC(C)C)NC(=O)OCc3ccccc3)ccc2c(=O)c1-c1ccc2c(c1)OCCCO2. The minimum absolute atomic E-state index is 0.0768. The molecule has 0 radical (unpaired) electrons. The minimum atomic E-state index is -0.931. The van der Waals surface area contributed by atoms with Crippen LogP contribution < -0.4 is 25.0 Å². The fraction of sp³-hybridized carbons (Fsp3) is 0.303. The van der Waals surface area contributed by atoms with E-state index in [0.29, 0.717) is 53.4 Å². The van der Waals surface area contributed by atoms with Gasteiger partial charge < -0.3 is 28.7 Å². The van der Waals surface area contributed by atoms with Crippen LogP contribution in [0.4, 0.5) is 4.79 Å². The molecule has 3 aromatic carbocycles. The van der Waals surface area contributed by atoms with E-state index in [1.54, 1.807) is 25.1 Å². The van der Waals surface area contributed by atoms with Crippen LogP contribution in [0.15, 0.2) is 75.9 Å². The molecule has 42 heavy (non-hydrogen) atoms. The summed E-state index contributed by atoms with van der Waals surface area (Å²) in [5.41, 5.74) is 1.96. The van der Waals surface area contributed by atoms with Gasteiger partial charge in [0.1, 0.15) is 29.7 Å². The molecule has 5 rings (SSSR count). The van der Waals surface area contributed by atoms with Crippen molar-refractivity contribution in [1.82, 2.24) is 5.32 Å². The molecule has 2 heterocycles. The Morgan fingerprint density at radius 1 is 0.952 bits per heavy atom. The van der Waals surface area contributed by atoms with Crippen LogP contribution in [0, 0.1) is 12.8 Å². The van der Waals surface area contributed by atoms with Crippen molar-refractivity contribution < 1.29 is 33.0 Å². The lowest BCUT2D eigenvalue weighted by Crippen LogP contribution is -2.44. The summed E-state index contributed by atoms with van der Waals surface area (Å²) in [6.45, 7) is 6.76. The van der Waals surface area contributed by atoms with Crippen molar-refractivity contribution in [2.24, 2.45) is 5.92 Å². The van der Waals surface area contributed by atoms with E-state index in [0.717, 1.165) is 12.0 Å². The number of ether oxygens (including phenoxy) is 4. The fourth-order valence-corrected chi connectivity index (χ4v) is 4.78. The zero-order valence-electron chi connectivity index (χ0n) is 23.8. The standard InChI is InChI=1S/C33H33NO8/c1-20(2)16-26(34-33(37)40-19-22-8-5-4-6-9-22)32(36)42-24-11-12-25-28(18-24)41-21(3)30(31(25)35)23-10-13-27-29(17-23)39-15-7-14-38-27/h4-6,8-13,17-18,20,26H,7,14-16,19H2,1-3H3,(H,34,37). The van der Waals surface area contributed by atoms with Crippen LogP contribution in [0.2, 0.25) is 0 Å². The Bertz CT molecular complexity index is 1640. The molecule has 1 unspecified atom stereocenters. The Morgan fingerprint density at radius 3 is 2.48 bits per heavy atom. The van der Waals surface area contributed by atoms with Gasteiger partial charge in [0, 0.05) is 12.5 Å². The number of hydrogen-bond donors (Lipinski definition) is 1. The number of alkyl carbamates (subject to hydrolysis) is 1. The van der Waals surface area contributed by atoms with Gasteiger partial charge in [-0.2, -0.15) is 0 Å². The summed E-state index contributed by atoms with van der Waals surface area (Å²) in [5, 5.41) is 2.95. The van der Waals surface area contributed by atoms with Crippen molar-refractivity contribution in [3.05, 3.63) is 88.3 Å². The van der Waals surface area contributed by atoms with Gasteiger partial charge >= 0.3 is 12.1 Å². The third kappa shape index (κ3) is 6.74. The van der Waals surface area contributed by atoms with E-state index in [1.165, 1.54) is 12.1 Å². The summed E-state index contributed by atoms with van der Waals surface area (Å²) < 4.78 is 28.4. The lowest BCUT2D eigenvalue weighted by molar-refractivity contribution is -0.137. The van der Waals surface area contributed by atoms with Gasteiger partial charge in [-0.05, 0) is 54.7 Å². The Balaban J connectivity index is 1.33. The summed E-state index contributed by atoms with van der Waals surface area (Å²) >= 11 is 0. The van der Waals surface area contributed by atoms with Gasteiger partial charge in [0.2, 0.25) is 5.43 Å². The first-order valence-corrected chi connectivity index (χ1v) is 13.9. The first kappa shape index (κ1) is 28.7. The first-order chi connectivity index (χ1) is 20.3. The monoisotopic (exact) mass is 571 g/mol. The number of carbonyl (C=O) groups excluding carboxylic acids is 2. The molecule has 0 saturated carbocycles. The molecule has 1 aliphatic rings. The smallest absolute Gasteiger partial charge is 0.408 e. The molecule has 0 saturated heterocycles. The molecule has 0 fully saturated rings. The van der Waals surface area contributed by atoms with Gasteiger partial charge in [0.15, 0.2) is 11.5 Å². The zero-order valence-corrected chi connectivity index (χ0v) is 23.8. The van der Waals surface area contributed by atoms with Gasteiger partial charge in [0.05, 0.1) is 24.2 Å². The molecule has 4 aromatic rings. The molecule has 1 aliphatic heterocycles. The van der Waals surface area contributed by atoms with E-state index in [1.807, 2.05) is 50.2 Å². The number of esters is 1. The molecule has 1 amide bonds. The average molecular weight is 572 g/mol. The lowest BCUT2D eigenvalue weighted by atomic mass is 10.0. The summed E-state index contributed by atoms with van der Waals surface area (Å²) in [5.74, 6) is 1.26. The maximum atomic E-state index is 13.5. The zero-order chi connectivity index (χ0) is 29.6. The van der Waals surface area contributed by atoms with Crippen LogP contribution in [0.3, 0.4) is 0 Å². The predicted octanol–water partition coefficient (Wildman–Crippen LogP) is 6.18. The summed E-state index contributed by atoms with van der Waals surface area (Å²) in [4.78, 5) is 39.1. The molecule has 218 valence electrons. The highest BCUT2D eigenvalue weighted by Crippen LogP contribution is 2.35. The average Bonchev–Trinajstić information content (AvgIpc) is 3.21. The third-order valence-electron chi connectivity index (χ3n) is 6.79. The summed E-state index contributed by atoms with van der Waals surface area (Å²) in [7, 11) is 0. The van der Waals surface area contributed by atoms with Crippen LogP contribution in [0.1, 0.15) is 38.0 Å². The number of carbonyl (C=O) groups is 2. The molecule has 0 bridgehead atoms. The fourth-order valence-electron chi connectivity index (χ4n) is 4.78. The number of aryl methyl sites for hydroxylation is 1. The van der Waals surface area contributed by atoms with E-state index in [9.17, 15) is 14.4 Å². The van der Waals surface area contributed by atoms with Crippen LogP contribution in [-0.4, -0.2) is 31.3 Å². The van der Waals surface area contributed by atoms with Gasteiger partial charge in [0.25, 0.3) is 0 Å². The van der Waals surface area contributed by atoms with E-state index >= 15 is 0 Å². The topological polar surface area (TPSA) is 113 Å². The first-order valence-electron chi connectivity index (χ1n) is 13.9. The van der Waals surface area contributed by atoms with Crippen molar-refractivity contribution in [2.75, 3.05) is 13.2 Å². The number of benzene rings is 3. The summed E-state index contributed by atoms with van der Waals surface area (Å²) in [6.07, 6.45) is 0.407. The van der Waals surface area contributed by atoms with Crippen LogP contribution in [0.25, 0.3) is 22.1 Å². The highest BCUT2D eigenvalue weighted by atomic mass is 16.6. The molecule has 1 atom stereocenters. The lowest BCUT2D eigenvalue weighted by Gasteiger charge is -2.19. The molecular weight excluding hydrogens is 538 g/mol. The van der Waals surface area contributed by atoms with Gasteiger partial charge in [-0.3, -0.25) is 4.79 Å². The molecule has 9 nitrogen and oxygen atoms in total. The molecule has 0 spiro atoms. The van der Waals surface area contributed by atoms with E-state index in [2.05, 4.69) is 5.32 Å². The number of amides is 1. The number of hydrogen-bond acceptors (Lipinski definition) is 8. The van der Waals surface area contributed by atoms with Gasteiger partial charge in [-0.1, -0.05) is 50.2 Å². The molecular formula is C33H33NO8. The van der Waals surface area contributed by atoms with Crippen molar-refractivity contribution in [1.29, 1.82) is 0 Å². The van der Waals surface area contributed by atoms with Gasteiger partial charge in [-0.15, -0.1) is 0 Å². The highest BCUT2D eigenvalue weighted by molar-refractivity contribution is 5.86. The Labute approximate surface area is 243 Å². The third-order valence-corrected chi connectivity index (χ3v) is 6.79. The van der Waals surface area contributed by atoms with Crippen molar-refractivity contribution in [3.8, 4) is 28.4 Å². The number of rotatable bonds is 8. The second-order valence-corrected chi connectivity index (χ2v) is 10.5. The minimum Gasteiger partial charge on any atom is -0.490 e. The largest absolute Gasteiger partial charge is 0.490 e. The van der Waals surface area contributed by atoms with Crippen LogP contribution in [0.5, 0.6) is 17.2 Å². The Hall–Kier alpha value is -4.79. The Kier molecular flexibility index (Phi) is 8.76. The van der Waals surface area contributed by atoms with Gasteiger partial charge in [-0.25, -0.2) is 9.59 Å². The second-order valence-electron chi connectivity index (χ2n) is 10.5. The number of nitrogens with one attached hydrogen (secondary N) is 1. The Morgan fingerprint density at radius 2 is 1.71 bits per heavy atom. The highest BCUT2D eigenvalue weighted by Gasteiger charge is 2.25. The van der Waals surface area contributed by atoms with E-state index in [4.69, 9.17) is 23.4 Å². The van der Waals surface area contributed by atoms with Crippen LogP contribution in [-0.2, 0) is 16.1 Å². The second kappa shape index (κ2) is 12.8. The van der Waals surface area contributed by atoms with Crippen molar-refractivity contribution >= 4 is 23.0 Å². The normalized spacial score (nSPS) is 13.3. The maximum Gasteiger partial charge on any atom is 0.408 e. The van der Waals surface area contributed by atoms with E-state index < -0.39 is 18.1 Å². The quantitative estimate of drug-likeness (QED) is 0.197. The molecule has 1 N–H and O–H groups in total. The molecule has 1 aromatic heterocycles. The molecule has 9 heteroatoms. The predicted molar refractivity (Wildman–Crippen MR) is 157 cm³/mol. The van der Waals surface area contributed by atoms with E-state index in [-0.39, 0.29) is 29.3 Å².